The van der Waals surface area contributed by atoms with Crippen LogP contribution >= 0.6 is 11.6 Å². The molecular formula is C27H37ClN4O5. The lowest BCUT2D eigenvalue weighted by molar-refractivity contribution is 0.0460. The van der Waals surface area contributed by atoms with E-state index in [-0.39, 0.29) is 34.9 Å². The van der Waals surface area contributed by atoms with E-state index in [2.05, 4.69) is 24.1 Å². The number of hydrogen-bond acceptors (Lipinski definition) is 7. The molecular weight excluding hydrogens is 496 g/mol. The van der Waals surface area contributed by atoms with E-state index in [1.165, 1.54) is 6.20 Å². The molecule has 2 aliphatic rings. The first-order valence-corrected chi connectivity index (χ1v) is 13.3. The van der Waals surface area contributed by atoms with Crippen LogP contribution < -0.4 is 21.4 Å². The first-order chi connectivity index (χ1) is 17.3. The van der Waals surface area contributed by atoms with Gasteiger partial charge in [0.15, 0.2) is 0 Å². The number of carbonyl (C=O) groups excluding carboxylic acids is 2. The van der Waals surface area contributed by atoms with Crippen molar-refractivity contribution in [3.8, 4) is 0 Å². The Labute approximate surface area is 222 Å². The van der Waals surface area contributed by atoms with Crippen LogP contribution in [0.1, 0.15) is 64.7 Å². The summed E-state index contributed by atoms with van der Waals surface area (Å²) in [5, 5.41) is 3.63. The molecule has 3 atom stereocenters. The quantitative estimate of drug-likeness (QED) is 0.428. The Kier molecular flexibility index (Phi) is 7.38. The van der Waals surface area contributed by atoms with Crippen LogP contribution in [0, 0.1) is 11.8 Å². The highest BCUT2D eigenvalue weighted by atomic mass is 35.5. The lowest BCUT2D eigenvalue weighted by Crippen LogP contribution is -2.56. The predicted octanol–water partition coefficient (Wildman–Crippen LogP) is 4.56. The van der Waals surface area contributed by atoms with Crippen molar-refractivity contribution in [3.63, 3.8) is 0 Å². The normalized spacial score (nSPS) is 22.1. The first kappa shape index (κ1) is 27.1. The number of fused-ring (bicyclic) bond motifs is 1. The number of ether oxygens (including phenoxy) is 2. The van der Waals surface area contributed by atoms with Gasteiger partial charge in [-0.3, -0.25) is 4.79 Å². The summed E-state index contributed by atoms with van der Waals surface area (Å²) < 4.78 is 12.6. The molecule has 37 heavy (non-hydrogen) atoms. The summed E-state index contributed by atoms with van der Waals surface area (Å²) in [5.41, 5.74) is 6.89. The lowest BCUT2D eigenvalue weighted by atomic mass is 9.84. The molecule has 1 aliphatic heterocycles. The van der Waals surface area contributed by atoms with Gasteiger partial charge in [-0.05, 0) is 58.4 Å². The van der Waals surface area contributed by atoms with Crippen LogP contribution in [-0.2, 0) is 16.0 Å². The Morgan fingerprint density at radius 2 is 1.89 bits per heavy atom. The van der Waals surface area contributed by atoms with Crippen molar-refractivity contribution in [2.24, 2.45) is 11.8 Å². The Morgan fingerprint density at radius 1 is 1.22 bits per heavy atom. The Balaban J connectivity index is 1.72. The molecule has 0 bridgehead atoms. The summed E-state index contributed by atoms with van der Waals surface area (Å²) in [6.45, 7) is 13.2. The maximum absolute atomic E-state index is 13.3. The number of alkyl carbamates (subject to hydrolysis) is 1. The summed E-state index contributed by atoms with van der Waals surface area (Å²) in [6.07, 6.45) is 2.58. The maximum atomic E-state index is 13.3. The van der Waals surface area contributed by atoms with Crippen molar-refractivity contribution in [1.29, 1.82) is 0 Å². The number of esters is 1. The van der Waals surface area contributed by atoms with Crippen molar-refractivity contribution in [2.75, 3.05) is 23.7 Å². The molecule has 1 amide bonds. The predicted molar refractivity (Wildman–Crippen MR) is 145 cm³/mol. The Hall–Kier alpha value is -2.94. The van der Waals surface area contributed by atoms with Crippen molar-refractivity contribution in [2.45, 2.75) is 78.7 Å². The van der Waals surface area contributed by atoms with Gasteiger partial charge in [0.1, 0.15) is 17.3 Å². The van der Waals surface area contributed by atoms with Crippen molar-refractivity contribution in [3.05, 3.63) is 33.1 Å². The van der Waals surface area contributed by atoms with Crippen molar-refractivity contribution >= 4 is 45.9 Å². The molecule has 1 aromatic carbocycles. The van der Waals surface area contributed by atoms with E-state index in [9.17, 15) is 14.4 Å². The SMILES string of the molecule is CCn1cc(C(=O)OC2CC2)c(=O)c2cc(N)c(N3C[C@@H](C)[C@@H](C)[C@H](NC(=O)OC(C)(C)C)C3)c(Cl)c21. The van der Waals surface area contributed by atoms with Crippen LogP contribution in [0.5, 0.6) is 0 Å². The second-order valence-electron chi connectivity index (χ2n) is 11.3. The molecule has 10 heteroatoms. The molecule has 9 nitrogen and oxygen atoms in total. The number of piperidine rings is 1. The molecule has 1 aliphatic carbocycles. The largest absolute Gasteiger partial charge is 0.459 e. The number of anilines is 2. The first-order valence-electron chi connectivity index (χ1n) is 12.9. The standard InChI is InChI=1S/C27H37ClN4O5/c1-7-31-12-18(25(34)36-16-8-9-16)24(33)17-10-19(29)23(21(28)22(17)31)32-11-14(2)15(3)20(13-32)30-26(35)37-27(4,5)6/h10,12,14-16,20H,7-9,11,13,29H2,1-6H3,(H,30,35)/t14-,15-,20-/m1/s1. The zero-order chi connectivity index (χ0) is 27.2. The van der Waals surface area contributed by atoms with Gasteiger partial charge in [0.25, 0.3) is 0 Å². The van der Waals surface area contributed by atoms with Gasteiger partial charge in [-0.15, -0.1) is 0 Å². The number of aryl methyl sites for hydroxylation is 1. The number of amides is 1. The fourth-order valence-corrected chi connectivity index (χ4v) is 5.29. The van der Waals surface area contributed by atoms with Gasteiger partial charge < -0.3 is 30.0 Å². The van der Waals surface area contributed by atoms with E-state index in [0.29, 0.717) is 41.5 Å². The monoisotopic (exact) mass is 532 g/mol. The number of hydrogen-bond donors (Lipinski definition) is 2. The molecule has 4 rings (SSSR count). The summed E-state index contributed by atoms with van der Waals surface area (Å²) >= 11 is 6.98. The Morgan fingerprint density at radius 3 is 2.49 bits per heavy atom. The van der Waals surface area contributed by atoms with Gasteiger partial charge in [0.05, 0.1) is 33.3 Å². The average Bonchev–Trinajstić information content (AvgIpc) is 3.60. The molecule has 0 spiro atoms. The van der Waals surface area contributed by atoms with Gasteiger partial charge in [-0.25, -0.2) is 9.59 Å². The maximum Gasteiger partial charge on any atom is 0.407 e. The molecule has 1 aromatic heterocycles. The summed E-state index contributed by atoms with van der Waals surface area (Å²) in [6, 6.07) is 1.40. The van der Waals surface area contributed by atoms with Gasteiger partial charge in [0, 0.05) is 25.8 Å². The minimum absolute atomic E-state index is 0.0217. The van der Waals surface area contributed by atoms with Gasteiger partial charge in [-0.2, -0.15) is 0 Å². The molecule has 3 N–H and O–H groups in total. The third kappa shape index (κ3) is 5.66. The number of rotatable bonds is 5. The number of nitrogen functional groups attached to an aromatic ring is 1. The van der Waals surface area contributed by atoms with Gasteiger partial charge in [0.2, 0.25) is 5.43 Å². The number of benzene rings is 1. The highest BCUT2D eigenvalue weighted by Gasteiger charge is 2.36. The van der Waals surface area contributed by atoms with Crippen LogP contribution in [-0.4, -0.2) is 47.5 Å². The van der Waals surface area contributed by atoms with E-state index in [1.54, 1.807) is 10.6 Å². The molecule has 0 radical (unpaired) electrons. The van der Waals surface area contributed by atoms with Crippen LogP contribution in [0.25, 0.3) is 10.9 Å². The summed E-state index contributed by atoms with van der Waals surface area (Å²) in [7, 11) is 0. The van der Waals surface area contributed by atoms with Gasteiger partial charge >= 0.3 is 12.1 Å². The topological polar surface area (TPSA) is 116 Å². The van der Waals surface area contributed by atoms with E-state index in [0.717, 1.165) is 12.8 Å². The smallest absolute Gasteiger partial charge is 0.407 e. The van der Waals surface area contributed by atoms with Crippen LogP contribution in [0.4, 0.5) is 16.2 Å². The van der Waals surface area contributed by atoms with E-state index in [1.807, 2.05) is 27.7 Å². The molecule has 0 unspecified atom stereocenters. The van der Waals surface area contributed by atoms with E-state index >= 15 is 0 Å². The number of aromatic nitrogens is 1. The lowest BCUT2D eigenvalue weighted by Gasteiger charge is -2.43. The van der Waals surface area contributed by atoms with Crippen molar-refractivity contribution < 1.29 is 19.1 Å². The molecule has 2 fully saturated rings. The Bertz CT molecular complexity index is 1280. The highest BCUT2D eigenvalue weighted by molar-refractivity contribution is 6.38. The zero-order valence-electron chi connectivity index (χ0n) is 22.4. The van der Waals surface area contributed by atoms with E-state index < -0.39 is 23.1 Å². The zero-order valence-corrected chi connectivity index (χ0v) is 23.1. The van der Waals surface area contributed by atoms with Crippen molar-refractivity contribution in [1.82, 2.24) is 9.88 Å². The third-order valence-corrected chi connectivity index (χ3v) is 7.50. The minimum Gasteiger partial charge on any atom is -0.459 e. The molecule has 1 saturated carbocycles. The van der Waals surface area contributed by atoms with E-state index in [4.69, 9.17) is 26.8 Å². The number of nitrogens with one attached hydrogen (secondary N) is 1. The summed E-state index contributed by atoms with van der Waals surface area (Å²) in [5.74, 6) is -0.212. The molecule has 1 saturated heterocycles. The molecule has 2 aromatic rings. The second-order valence-corrected chi connectivity index (χ2v) is 11.7. The average molecular weight is 533 g/mol. The minimum atomic E-state index is -0.620. The highest BCUT2D eigenvalue weighted by Crippen LogP contribution is 2.40. The fraction of sp³-hybridized carbons (Fsp3) is 0.593. The number of halogens is 1. The number of pyridine rings is 1. The summed E-state index contributed by atoms with van der Waals surface area (Å²) in [4.78, 5) is 40.5. The second kappa shape index (κ2) is 10.1. The van der Waals surface area contributed by atoms with Crippen LogP contribution in [0.3, 0.4) is 0 Å². The molecule has 2 heterocycles. The fourth-order valence-electron chi connectivity index (χ4n) is 4.85. The van der Waals surface area contributed by atoms with Gasteiger partial charge in [-0.1, -0.05) is 25.4 Å². The van der Waals surface area contributed by atoms with Crippen LogP contribution in [0.2, 0.25) is 5.02 Å². The van der Waals surface area contributed by atoms with Crippen LogP contribution in [0.15, 0.2) is 17.1 Å². The number of nitrogens with two attached hydrogens (primary N) is 1. The molecule has 202 valence electrons. The third-order valence-electron chi connectivity index (χ3n) is 7.14. The number of nitrogens with zero attached hydrogens (tertiary/aromatic N) is 2. The number of carbonyl (C=O) groups is 2.